The Morgan fingerprint density at radius 2 is 1.92 bits per heavy atom. The number of aromatic amines is 1. The number of nitrogens with one attached hydrogen (secondary N) is 2. The molecule has 3 aromatic rings. The van der Waals surface area contributed by atoms with Gasteiger partial charge in [0.05, 0.1) is 0 Å². The lowest BCUT2D eigenvalue weighted by Gasteiger charge is -2.05. The lowest BCUT2D eigenvalue weighted by Crippen LogP contribution is -2.08. The van der Waals surface area contributed by atoms with E-state index in [2.05, 4.69) is 15.3 Å². The highest BCUT2D eigenvalue weighted by molar-refractivity contribution is 6.02. The van der Waals surface area contributed by atoms with Gasteiger partial charge in [0.15, 0.2) is 0 Å². The number of rotatable bonds is 3. The minimum absolute atomic E-state index is 0.384. The van der Waals surface area contributed by atoms with Crippen molar-refractivity contribution < 1.29 is 18.0 Å². The molecule has 0 radical (unpaired) electrons. The number of hydrogen-bond acceptors (Lipinski definition) is 2. The van der Waals surface area contributed by atoms with Gasteiger partial charge in [-0.15, -0.1) is 0 Å². The first-order chi connectivity index (χ1) is 12.4. The van der Waals surface area contributed by atoms with Gasteiger partial charge in [-0.1, -0.05) is 19.9 Å². The van der Waals surface area contributed by atoms with Crippen molar-refractivity contribution in [3.63, 3.8) is 0 Å². The lowest BCUT2D eigenvalue weighted by molar-refractivity contribution is -0.141. The van der Waals surface area contributed by atoms with Gasteiger partial charge >= 0.3 is 6.18 Å². The normalized spacial score (nSPS) is 11.3. The van der Waals surface area contributed by atoms with Gasteiger partial charge in [-0.25, -0.2) is 0 Å². The summed E-state index contributed by atoms with van der Waals surface area (Å²) in [5.74, 6) is -0.384. The number of anilines is 1. The van der Waals surface area contributed by atoms with Crippen molar-refractivity contribution in [1.29, 1.82) is 0 Å². The summed E-state index contributed by atoms with van der Waals surface area (Å²) < 4.78 is 37.3. The van der Waals surface area contributed by atoms with Crippen LogP contribution in [-0.4, -0.2) is 15.9 Å². The topological polar surface area (TPSA) is 57.8 Å². The Balaban J connectivity index is 0.00000117. The highest BCUT2D eigenvalue weighted by atomic mass is 19.4. The molecule has 26 heavy (non-hydrogen) atoms. The van der Waals surface area contributed by atoms with E-state index in [1.807, 2.05) is 32.0 Å². The van der Waals surface area contributed by atoms with Crippen LogP contribution < -0.4 is 5.32 Å². The molecule has 1 amide bonds. The molecule has 0 unspecified atom stereocenters. The summed E-state index contributed by atoms with van der Waals surface area (Å²) in [5, 5.41) is 3.65. The van der Waals surface area contributed by atoms with Crippen LogP contribution in [0.2, 0.25) is 0 Å². The number of alkyl halides is 3. The Kier molecular flexibility index (Phi) is 6.16. The first-order valence-corrected chi connectivity index (χ1v) is 8.01. The average molecular weight is 361 g/mol. The third kappa shape index (κ3) is 4.95. The second kappa shape index (κ2) is 8.33. The number of benzene rings is 1. The van der Waals surface area contributed by atoms with Crippen molar-refractivity contribution in [2.75, 3.05) is 5.32 Å². The zero-order valence-electron chi connectivity index (χ0n) is 14.3. The minimum atomic E-state index is -4.48. The van der Waals surface area contributed by atoms with E-state index in [9.17, 15) is 18.0 Å². The maximum Gasteiger partial charge on any atom is 0.433 e. The van der Waals surface area contributed by atoms with Crippen LogP contribution in [0, 0.1) is 0 Å². The third-order valence-electron chi connectivity index (χ3n) is 3.32. The zero-order valence-corrected chi connectivity index (χ0v) is 14.3. The molecule has 2 heterocycles. The van der Waals surface area contributed by atoms with Crippen LogP contribution in [-0.2, 0) is 11.0 Å². The number of halogens is 3. The molecular weight excluding hydrogens is 343 g/mol. The molecule has 0 atom stereocenters. The molecule has 0 aliphatic carbocycles. The van der Waals surface area contributed by atoms with Gasteiger partial charge in [0.25, 0.3) is 0 Å². The van der Waals surface area contributed by atoms with Crippen molar-refractivity contribution in [3.05, 3.63) is 66.1 Å². The summed E-state index contributed by atoms with van der Waals surface area (Å²) in [6.45, 7) is 4.00. The molecule has 0 bridgehead atoms. The van der Waals surface area contributed by atoms with E-state index in [0.29, 0.717) is 11.3 Å². The minimum Gasteiger partial charge on any atom is -0.361 e. The second-order valence-corrected chi connectivity index (χ2v) is 5.08. The molecule has 2 aromatic heterocycles. The maximum absolute atomic E-state index is 12.4. The summed E-state index contributed by atoms with van der Waals surface area (Å²) in [5.41, 5.74) is 1.02. The molecule has 0 fully saturated rings. The summed E-state index contributed by atoms with van der Waals surface area (Å²) in [6, 6.07) is 9.42. The van der Waals surface area contributed by atoms with Crippen LogP contribution in [0.1, 0.15) is 25.1 Å². The fraction of sp³-hybridized carbons (Fsp3) is 0.158. The van der Waals surface area contributed by atoms with Crippen LogP contribution in [0.3, 0.4) is 0 Å². The number of amides is 1. The Morgan fingerprint density at radius 1 is 1.15 bits per heavy atom. The van der Waals surface area contributed by atoms with E-state index >= 15 is 0 Å². The quantitative estimate of drug-likeness (QED) is 0.625. The predicted molar refractivity (Wildman–Crippen MR) is 96.5 cm³/mol. The van der Waals surface area contributed by atoms with Crippen LogP contribution in [0.25, 0.3) is 17.0 Å². The first-order valence-electron chi connectivity index (χ1n) is 8.01. The second-order valence-electron chi connectivity index (χ2n) is 5.08. The van der Waals surface area contributed by atoms with Gasteiger partial charge in [-0.05, 0) is 42.0 Å². The van der Waals surface area contributed by atoms with Gasteiger partial charge < -0.3 is 10.3 Å². The number of fused-ring (bicyclic) bond motifs is 1. The number of aromatic nitrogens is 2. The number of pyridine rings is 1. The van der Waals surface area contributed by atoms with Crippen molar-refractivity contribution in [2.24, 2.45) is 0 Å². The largest absolute Gasteiger partial charge is 0.433 e. The van der Waals surface area contributed by atoms with Crippen molar-refractivity contribution in [3.8, 4) is 0 Å². The monoisotopic (exact) mass is 361 g/mol. The summed E-state index contributed by atoms with van der Waals surface area (Å²) >= 11 is 0. The molecule has 1 aromatic carbocycles. The molecular formula is C19H18F3N3O. The van der Waals surface area contributed by atoms with E-state index in [1.54, 1.807) is 12.3 Å². The van der Waals surface area contributed by atoms with E-state index < -0.39 is 11.9 Å². The summed E-state index contributed by atoms with van der Waals surface area (Å²) in [6.07, 6.45) is 1.03. The van der Waals surface area contributed by atoms with Gasteiger partial charge in [0.2, 0.25) is 5.91 Å². The van der Waals surface area contributed by atoms with Gasteiger partial charge in [0, 0.05) is 35.1 Å². The smallest absolute Gasteiger partial charge is 0.361 e. The predicted octanol–water partition coefficient (Wildman–Crippen LogP) is 5.26. The van der Waals surface area contributed by atoms with E-state index in [-0.39, 0.29) is 5.91 Å². The maximum atomic E-state index is 12.4. The van der Waals surface area contributed by atoms with Crippen LogP contribution >= 0.6 is 0 Å². The Bertz CT molecular complexity index is 896. The van der Waals surface area contributed by atoms with Crippen molar-refractivity contribution in [1.82, 2.24) is 9.97 Å². The average Bonchev–Trinajstić information content (AvgIpc) is 3.09. The number of H-pyrrole nitrogens is 1. The Hall–Kier alpha value is -3.09. The number of carbonyl (C=O) groups excluding carboxylic acids is 1. The molecule has 0 saturated carbocycles. The Morgan fingerprint density at radius 3 is 2.58 bits per heavy atom. The number of carbonyl (C=O) groups is 1. The highest BCUT2D eigenvalue weighted by Gasteiger charge is 2.31. The van der Waals surface area contributed by atoms with Gasteiger partial charge in [0.1, 0.15) is 5.69 Å². The molecule has 3 rings (SSSR count). The van der Waals surface area contributed by atoms with Crippen LogP contribution in [0.5, 0.6) is 0 Å². The van der Waals surface area contributed by atoms with Gasteiger partial charge in [-0.3, -0.25) is 9.78 Å². The zero-order chi connectivity index (χ0) is 19.2. The molecule has 0 aliphatic rings. The molecule has 0 saturated heterocycles. The fourth-order valence-electron chi connectivity index (χ4n) is 2.16. The number of hydrogen-bond donors (Lipinski definition) is 2. The van der Waals surface area contributed by atoms with Crippen LogP contribution in [0.15, 0.2) is 54.9 Å². The van der Waals surface area contributed by atoms with Gasteiger partial charge in [-0.2, -0.15) is 13.2 Å². The molecule has 7 heteroatoms. The third-order valence-corrected chi connectivity index (χ3v) is 3.32. The summed E-state index contributed by atoms with van der Waals surface area (Å²) in [4.78, 5) is 18.3. The first kappa shape index (κ1) is 19.2. The summed E-state index contributed by atoms with van der Waals surface area (Å²) in [7, 11) is 0. The SMILES string of the molecule is CC.O=C(/C=C/c1ccc(C(F)(F)F)nc1)Nc1ccc2[nH]ccc2c1. The number of nitrogens with zero attached hydrogens (tertiary/aromatic N) is 1. The molecule has 4 nitrogen and oxygen atoms in total. The fourth-order valence-corrected chi connectivity index (χ4v) is 2.16. The standard InChI is InChI=1S/C17H12F3N3O.C2H6/c18-17(19,20)15-5-1-11(10-22-15)2-6-16(24)23-13-3-4-14-12(9-13)7-8-21-14;1-2/h1-10,21H,(H,23,24);1-2H3/b6-2+;. The molecule has 136 valence electrons. The Labute approximate surface area is 148 Å². The van der Waals surface area contributed by atoms with E-state index in [4.69, 9.17) is 0 Å². The molecule has 2 N–H and O–H groups in total. The van der Waals surface area contributed by atoms with E-state index in [0.717, 1.165) is 23.2 Å². The molecule has 0 spiro atoms. The van der Waals surface area contributed by atoms with E-state index in [1.165, 1.54) is 18.2 Å². The van der Waals surface area contributed by atoms with Crippen molar-refractivity contribution in [2.45, 2.75) is 20.0 Å². The lowest BCUT2D eigenvalue weighted by atomic mass is 10.2. The highest BCUT2D eigenvalue weighted by Crippen LogP contribution is 2.27. The molecule has 0 aliphatic heterocycles. The van der Waals surface area contributed by atoms with Crippen LogP contribution in [0.4, 0.5) is 18.9 Å². The van der Waals surface area contributed by atoms with Crippen molar-refractivity contribution >= 4 is 28.6 Å².